The number of aliphatic hydroxyl groups excluding tert-OH is 1. The molecule has 1 aromatic rings. The third-order valence-corrected chi connectivity index (χ3v) is 2.15. The van der Waals surface area contributed by atoms with E-state index in [-0.39, 0.29) is 6.61 Å². The van der Waals surface area contributed by atoms with Crippen LogP contribution in [0, 0.1) is 0 Å². The highest BCUT2D eigenvalue weighted by Crippen LogP contribution is 2.18. The van der Waals surface area contributed by atoms with Gasteiger partial charge in [-0.3, -0.25) is 14.3 Å². The molecule has 80 valence electrons. The number of ether oxygens (including phenoxy) is 1. The van der Waals surface area contributed by atoms with Crippen LogP contribution >= 0.6 is 0 Å². The molecule has 6 heteroatoms. The van der Waals surface area contributed by atoms with Gasteiger partial charge in [0.25, 0.3) is 5.56 Å². The van der Waals surface area contributed by atoms with Crippen molar-refractivity contribution in [1.82, 2.24) is 9.55 Å². The van der Waals surface area contributed by atoms with Crippen molar-refractivity contribution in [3.05, 3.63) is 44.8 Å². The number of rotatable bonds is 2. The molecule has 15 heavy (non-hydrogen) atoms. The number of aromatic nitrogens is 2. The molecule has 0 saturated heterocycles. The first-order valence-corrected chi connectivity index (χ1v) is 4.44. The Morgan fingerprint density at radius 2 is 2.40 bits per heavy atom. The first-order chi connectivity index (χ1) is 7.20. The molecule has 1 aromatic heterocycles. The molecule has 0 spiro atoms. The summed E-state index contributed by atoms with van der Waals surface area (Å²) in [4.78, 5) is 24.3. The monoisotopic (exact) mass is 210 g/mol. The van der Waals surface area contributed by atoms with E-state index in [0.29, 0.717) is 6.61 Å². The van der Waals surface area contributed by atoms with Crippen LogP contribution in [0.5, 0.6) is 0 Å². The predicted octanol–water partition coefficient (Wildman–Crippen LogP) is -1.02. The lowest BCUT2D eigenvalue weighted by molar-refractivity contribution is 0.0680. The van der Waals surface area contributed by atoms with Gasteiger partial charge in [-0.1, -0.05) is 0 Å². The van der Waals surface area contributed by atoms with Crippen molar-refractivity contribution in [1.29, 1.82) is 0 Å². The fourth-order valence-electron chi connectivity index (χ4n) is 1.38. The minimum Gasteiger partial charge on any atom is -0.392 e. The van der Waals surface area contributed by atoms with Crippen LogP contribution in [0.25, 0.3) is 0 Å². The number of nitrogens with one attached hydrogen (secondary N) is 1. The summed E-state index contributed by atoms with van der Waals surface area (Å²) < 4.78 is 6.51. The first-order valence-electron chi connectivity index (χ1n) is 4.44. The molecule has 1 aliphatic rings. The second-order valence-corrected chi connectivity index (χ2v) is 3.20. The quantitative estimate of drug-likeness (QED) is 0.612. The number of aromatic amines is 1. The van der Waals surface area contributed by atoms with Gasteiger partial charge in [0.05, 0.1) is 13.2 Å². The van der Waals surface area contributed by atoms with Crippen molar-refractivity contribution in [3.63, 3.8) is 0 Å². The lowest BCUT2D eigenvalue weighted by Crippen LogP contribution is -2.31. The molecule has 0 aliphatic carbocycles. The third-order valence-electron chi connectivity index (χ3n) is 2.15. The van der Waals surface area contributed by atoms with Crippen LogP contribution in [-0.2, 0) is 4.74 Å². The highest BCUT2D eigenvalue weighted by molar-refractivity contribution is 5.10. The Morgan fingerprint density at radius 1 is 1.60 bits per heavy atom. The van der Waals surface area contributed by atoms with Crippen LogP contribution in [0.4, 0.5) is 0 Å². The van der Waals surface area contributed by atoms with E-state index in [0.717, 1.165) is 5.57 Å². The van der Waals surface area contributed by atoms with Gasteiger partial charge in [0, 0.05) is 12.3 Å². The fourth-order valence-corrected chi connectivity index (χ4v) is 1.38. The van der Waals surface area contributed by atoms with Crippen LogP contribution in [-0.4, -0.2) is 27.9 Å². The van der Waals surface area contributed by atoms with Gasteiger partial charge in [-0.25, -0.2) is 4.79 Å². The largest absolute Gasteiger partial charge is 0.392 e. The van der Waals surface area contributed by atoms with Crippen LogP contribution in [0.15, 0.2) is 33.5 Å². The fraction of sp³-hybridized carbons (Fsp3) is 0.333. The molecule has 2 N–H and O–H groups in total. The summed E-state index contributed by atoms with van der Waals surface area (Å²) in [6.07, 6.45) is 2.47. The van der Waals surface area contributed by atoms with E-state index in [1.165, 1.54) is 16.8 Å². The van der Waals surface area contributed by atoms with Gasteiger partial charge in [-0.15, -0.1) is 0 Å². The Morgan fingerprint density at radius 3 is 3.00 bits per heavy atom. The Bertz CT molecular complexity index is 499. The van der Waals surface area contributed by atoms with E-state index in [9.17, 15) is 9.59 Å². The van der Waals surface area contributed by atoms with Crippen molar-refractivity contribution in [3.8, 4) is 0 Å². The topological polar surface area (TPSA) is 84.3 Å². The van der Waals surface area contributed by atoms with E-state index in [1.807, 2.05) is 0 Å². The molecular weight excluding hydrogens is 200 g/mol. The Labute approximate surface area is 84.4 Å². The number of hydrogen-bond donors (Lipinski definition) is 2. The van der Waals surface area contributed by atoms with Crippen LogP contribution in [0.3, 0.4) is 0 Å². The summed E-state index contributed by atoms with van der Waals surface area (Å²) in [5, 5.41) is 8.85. The smallest absolute Gasteiger partial charge is 0.330 e. The summed E-state index contributed by atoms with van der Waals surface area (Å²) >= 11 is 0. The average molecular weight is 210 g/mol. The maximum atomic E-state index is 11.4. The molecule has 1 atom stereocenters. The van der Waals surface area contributed by atoms with Gasteiger partial charge in [-0.05, 0) is 11.6 Å². The van der Waals surface area contributed by atoms with Crippen molar-refractivity contribution in [2.45, 2.75) is 6.23 Å². The van der Waals surface area contributed by atoms with Gasteiger partial charge in [0.2, 0.25) is 0 Å². The molecule has 0 bridgehead atoms. The summed E-state index contributed by atoms with van der Waals surface area (Å²) in [5.74, 6) is 0. The highest BCUT2D eigenvalue weighted by Gasteiger charge is 2.17. The second-order valence-electron chi connectivity index (χ2n) is 3.20. The Kier molecular flexibility index (Phi) is 2.53. The number of aliphatic hydroxyl groups is 1. The highest BCUT2D eigenvalue weighted by atomic mass is 16.5. The number of nitrogens with zero attached hydrogens (tertiary/aromatic N) is 1. The lowest BCUT2D eigenvalue weighted by atomic mass is 10.3. The molecule has 0 saturated carbocycles. The van der Waals surface area contributed by atoms with Gasteiger partial charge >= 0.3 is 5.69 Å². The normalized spacial score (nSPS) is 20.3. The van der Waals surface area contributed by atoms with E-state index in [4.69, 9.17) is 9.84 Å². The maximum absolute atomic E-state index is 11.4. The maximum Gasteiger partial charge on any atom is 0.330 e. The van der Waals surface area contributed by atoms with E-state index in [2.05, 4.69) is 4.98 Å². The van der Waals surface area contributed by atoms with Gasteiger partial charge in [-0.2, -0.15) is 0 Å². The Hall–Kier alpha value is -1.66. The molecule has 0 radical (unpaired) electrons. The second kappa shape index (κ2) is 3.84. The molecule has 2 heterocycles. The average Bonchev–Trinajstić information content (AvgIpc) is 2.66. The number of H-pyrrole nitrogens is 1. The van der Waals surface area contributed by atoms with Crippen molar-refractivity contribution >= 4 is 0 Å². The van der Waals surface area contributed by atoms with E-state index >= 15 is 0 Å². The first kappa shape index (κ1) is 9.88. The minimum atomic E-state index is -0.545. The van der Waals surface area contributed by atoms with Crippen molar-refractivity contribution < 1.29 is 9.84 Å². The van der Waals surface area contributed by atoms with Gasteiger partial charge in [0.1, 0.15) is 0 Å². The summed E-state index contributed by atoms with van der Waals surface area (Å²) in [5.41, 5.74) is -0.248. The zero-order chi connectivity index (χ0) is 10.8. The third kappa shape index (κ3) is 1.90. The lowest BCUT2D eigenvalue weighted by Gasteiger charge is -2.10. The molecule has 6 nitrogen and oxygen atoms in total. The number of hydrogen-bond acceptors (Lipinski definition) is 4. The molecular formula is C9H10N2O4. The summed E-state index contributed by atoms with van der Waals surface area (Å²) in [6, 6.07) is 1.25. The predicted molar refractivity (Wildman–Crippen MR) is 51.5 cm³/mol. The summed E-state index contributed by atoms with van der Waals surface area (Å²) in [6.45, 7) is 0.210. The molecule has 0 aromatic carbocycles. The van der Waals surface area contributed by atoms with Crippen LogP contribution in [0.2, 0.25) is 0 Å². The van der Waals surface area contributed by atoms with Crippen LogP contribution in [0.1, 0.15) is 6.23 Å². The Balaban J connectivity index is 2.36. The summed E-state index contributed by atoms with van der Waals surface area (Å²) in [7, 11) is 0. The van der Waals surface area contributed by atoms with E-state index in [1.54, 1.807) is 6.08 Å². The molecule has 1 unspecified atom stereocenters. The minimum absolute atomic E-state index is 0.0887. The molecule has 0 fully saturated rings. The van der Waals surface area contributed by atoms with Gasteiger partial charge in [0.15, 0.2) is 6.23 Å². The van der Waals surface area contributed by atoms with Crippen molar-refractivity contribution in [2.24, 2.45) is 0 Å². The van der Waals surface area contributed by atoms with Crippen LogP contribution < -0.4 is 11.2 Å². The molecule has 1 aliphatic heterocycles. The van der Waals surface area contributed by atoms with E-state index < -0.39 is 17.5 Å². The zero-order valence-corrected chi connectivity index (χ0v) is 7.84. The van der Waals surface area contributed by atoms with Crippen molar-refractivity contribution in [2.75, 3.05) is 13.2 Å². The standard InChI is InChI=1S/C9H10N2O4/c12-4-6-3-8(15-5-6)11-2-1-7(13)10-9(11)14/h1-3,8,12H,4-5H2,(H,10,13,14). The zero-order valence-electron chi connectivity index (χ0n) is 7.84. The van der Waals surface area contributed by atoms with Gasteiger partial charge < -0.3 is 9.84 Å². The SMILES string of the molecule is O=c1ccn(C2C=C(CO)CO2)c(=O)[nH]1. The molecule has 2 rings (SSSR count). The molecule has 0 amide bonds.